The second-order valence-corrected chi connectivity index (χ2v) is 6.11. The molecule has 3 heterocycles. The Balaban J connectivity index is 1.79. The normalized spacial score (nSPS) is 20.2. The van der Waals surface area contributed by atoms with Gasteiger partial charge in [0.15, 0.2) is 0 Å². The number of hydrogen-bond acceptors (Lipinski definition) is 5. The minimum absolute atomic E-state index is 0.163. The third-order valence-corrected chi connectivity index (χ3v) is 4.38. The quantitative estimate of drug-likeness (QED) is 0.936. The Kier molecular flexibility index (Phi) is 4.11. The summed E-state index contributed by atoms with van der Waals surface area (Å²) < 4.78 is 1.89. The molecule has 0 saturated carbocycles. The summed E-state index contributed by atoms with van der Waals surface area (Å²) >= 11 is 0. The topological polar surface area (TPSA) is 67.1 Å². The Morgan fingerprint density at radius 1 is 1.32 bits per heavy atom. The molecule has 6 heteroatoms. The Bertz CT molecular complexity index is 654. The SMILES string of the molecule is Cc1cnc(C)c(N2CCC[C@@H]([C@H](O)c3nccn3C)C2)n1. The summed E-state index contributed by atoms with van der Waals surface area (Å²) in [6.07, 6.45) is 6.90. The van der Waals surface area contributed by atoms with E-state index in [-0.39, 0.29) is 5.92 Å². The number of piperidine rings is 1. The second-order valence-electron chi connectivity index (χ2n) is 6.11. The minimum Gasteiger partial charge on any atom is -0.385 e. The molecule has 22 heavy (non-hydrogen) atoms. The molecule has 0 radical (unpaired) electrons. The molecule has 1 fully saturated rings. The molecule has 0 bridgehead atoms. The van der Waals surface area contributed by atoms with Crippen molar-refractivity contribution >= 4 is 5.82 Å². The lowest BCUT2D eigenvalue weighted by molar-refractivity contribution is 0.0873. The van der Waals surface area contributed by atoms with Crippen LogP contribution in [0.15, 0.2) is 18.6 Å². The maximum Gasteiger partial charge on any atom is 0.150 e. The molecule has 6 nitrogen and oxygen atoms in total. The van der Waals surface area contributed by atoms with Gasteiger partial charge in [-0.15, -0.1) is 0 Å². The zero-order chi connectivity index (χ0) is 15.7. The summed E-state index contributed by atoms with van der Waals surface area (Å²) in [5, 5.41) is 10.7. The van der Waals surface area contributed by atoms with Crippen LogP contribution in [0.2, 0.25) is 0 Å². The van der Waals surface area contributed by atoms with Crippen molar-refractivity contribution in [2.45, 2.75) is 32.8 Å². The first-order valence-electron chi connectivity index (χ1n) is 7.76. The van der Waals surface area contributed by atoms with Gasteiger partial charge in [-0.1, -0.05) is 0 Å². The Morgan fingerprint density at radius 3 is 2.86 bits per heavy atom. The summed E-state index contributed by atoms with van der Waals surface area (Å²) in [4.78, 5) is 15.6. The summed E-state index contributed by atoms with van der Waals surface area (Å²) in [6.45, 7) is 5.69. The van der Waals surface area contributed by atoms with Gasteiger partial charge in [-0.05, 0) is 26.7 Å². The lowest BCUT2D eigenvalue weighted by Gasteiger charge is -2.36. The highest BCUT2D eigenvalue weighted by Crippen LogP contribution is 2.31. The van der Waals surface area contributed by atoms with Crippen molar-refractivity contribution in [1.29, 1.82) is 0 Å². The predicted molar refractivity (Wildman–Crippen MR) is 84.6 cm³/mol. The molecule has 1 N–H and O–H groups in total. The molecule has 3 rings (SSSR count). The van der Waals surface area contributed by atoms with Crippen LogP contribution in [0.5, 0.6) is 0 Å². The average molecular weight is 301 g/mol. The molecule has 0 aliphatic carbocycles. The third kappa shape index (κ3) is 2.83. The van der Waals surface area contributed by atoms with Crippen molar-refractivity contribution in [1.82, 2.24) is 19.5 Å². The molecular formula is C16H23N5O. The Hall–Kier alpha value is -1.95. The fourth-order valence-electron chi connectivity index (χ4n) is 3.16. The number of imidazole rings is 1. The van der Waals surface area contributed by atoms with E-state index in [0.717, 1.165) is 49.0 Å². The number of aliphatic hydroxyl groups excluding tert-OH is 1. The number of aryl methyl sites for hydroxylation is 3. The number of rotatable bonds is 3. The summed E-state index contributed by atoms with van der Waals surface area (Å²) in [7, 11) is 1.92. The molecule has 2 aromatic heterocycles. The van der Waals surface area contributed by atoms with E-state index >= 15 is 0 Å². The van der Waals surface area contributed by atoms with E-state index in [1.54, 1.807) is 12.4 Å². The monoisotopic (exact) mass is 301 g/mol. The van der Waals surface area contributed by atoms with Crippen molar-refractivity contribution < 1.29 is 5.11 Å². The molecule has 0 aromatic carbocycles. The minimum atomic E-state index is -0.541. The first-order chi connectivity index (χ1) is 10.6. The fourth-order valence-corrected chi connectivity index (χ4v) is 3.16. The molecule has 1 saturated heterocycles. The number of aliphatic hydroxyl groups is 1. The number of nitrogens with zero attached hydrogens (tertiary/aromatic N) is 5. The molecule has 2 aromatic rings. The average Bonchev–Trinajstić information content (AvgIpc) is 2.95. The van der Waals surface area contributed by atoms with Crippen LogP contribution < -0.4 is 4.90 Å². The van der Waals surface area contributed by atoms with Gasteiger partial charge in [0.2, 0.25) is 0 Å². The Labute approximate surface area is 130 Å². The Morgan fingerprint density at radius 2 is 2.14 bits per heavy atom. The van der Waals surface area contributed by atoms with Gasteiger partial charge in [0.05, 0.1) is 11.4 Å². The van der Waals surface area contributed by atoms with E-state index < -0.39 is 6.10 Å². The lowest BCUT2D eigenvalue weighted by atomic mass is 9.92. The van der Waals surface area contributed by atoms with Gasteiger partial charge < -0.3 is 14.6 Å². The van der Waals surface area contributed by atoms with Gasteiger partial charge in [0, 0.05) is 44.6 Å². The molecule has 2 atom stereocenters. The van der Waals surface area contributed by atoms with E-state index in [1.807, 2.05) is 31.7 Å². The van der Waals surface area contributed by atoms with Crippen molar-refractivity contribution in [3.05, 3.63) is 35.8 Å². The largest absolute Gasteiger partial charge is 0.385 e. The molecule has 0 amide bonds. The van der Waals surface area contributed by atoms with E-state index in [2.05, 4.69) is 19.9 Å². The predicted octanol–water partition coefficient (Wildman–Crippen LogP) is 1.78. The van der Waals surface area contributed by atoms with Crippen LogP contribution in [-0.4, -0.2) is 37.7 Å². The van der Waals surface area contributed by atoms with E-state index in [4.69, 9.17) is 0 Å². The molecule has 1 aliphatic rings. The van der Waals surface area contributed by atoms with Gasteiger partial charge in [-0.2, -0.15) is 0 Å². The zero-order valence-electron chi connectivity index (χ0n) is 13.4. The first-order valence-corrected chi connectivity index (χ1v) is 7.76. The van der Waals surface area contributed by atoms with Gasteiger partial charge >= 0.3 is 0 Å². The molecule has 0 spiro atoms. The first kappa shape index (κ1) is 15.0. The highest BCUT2D eigenvalue weighted by molar-refractivity contribution is 5.43. The van der Waals surface area contributed by atoms with Crippen LogP contribution in [-0.2, 0) is 7.05 Å². The van der Waals surface area contributed by atoms with Crippen molar-refractivity contribution in [2.75, 3.05) is 18.0 Å². The molecule has 1 aliphatic heterocycles. The standard InChI is InChI=1S/C16H23N5O/c1-11-9-18-12(2)15(19-11)21-7-4-5-13(10-21)14(22)16-17-6-8-20(16)3/h6,8-9,13-14,22H,4-5,7,10H2,1-3H3/t13-,14+/m1/s1. The summed E-state index contributed by atoms with van der Waals surface area (Å²) in [6, 6.07) is 0. The van der Waals surface area contributed by atoms with Crippen LogP contribution in [0.1, 0.15) is 36.2 Å². The maximum absolute atomic E-state index is 10.7. The van der Waals surface area contributed by atoms with Crippen molar-refractivity contribution in [3.63, 3.8) is 0 Å². The van der Waals surface area contributed by atoms with Crippen LogP contribution >= 0.6 is 0 Å². The van der Waals surface area contributed by atoms with Gasteiger partial charge in [-0.25, -0.2) is 9.97 Å². The van der Waals surface area contributed by atoms with Crippen LogP contribution in [0.3, 0.4) is 0 Å². The highest BCUT2D eigenvalue weighted by atomic mass is 16.3. The second kappa shape index (κ2) is 6.04. The van der Waals surface area contributed by atoms with E-state index in [9.17, 15) is 5.11 Å². The van der Waals surface area contributed by atoms with E-state index in [1.165, 1.54) is 0 Å². The number of hydrogen-bond donors (Lipinski definition) is 1. The summed E-state index contributed by atoms with van der Waals surface area (Å²) in [5.74, 6) is 1.84. The lowest BCUT2D eigenvalue weighted by Crippen LogP contribution is -2.39. The number of anilines is 1. The fraction of sp³-hybridized carbons (Fsp3) is 0.562. The van der Waals surface area contributed by atoms with Crippen LogP contribution in [0.25, 0.3) is 0 Å². The summed E-state index contributed by atoms with van der Waals surface area (Å²) in [5.41, 5.74) is 1.87. The maximum atomic E-state index is 10.7. The smallest absolute Gasteiger partial charge is 0.150 e. The van der Waals surface area contributed by atoms with Crippen LogP contribution in [0.4, 0.5) is 5.82 Å². The molecule has 118 valence electrons. The van der Waals surface area contributed by atoms with Crippen molar-refractivity contribution in [2.24, 2.45) is 13.0 Å². The van der Waals surface area contributed by atoms with E-state index in [0.29, 0.717) is 0 Å². The molecule has 0 unspecified atom stereocenters. The zero-order valence-corrected chi connectivity index (χ0v) is 13.4. The number of aromatic nitrogens is 4. The van der Waals surface area contributed by atoms with Crippen molar-refractivity contribution in [3.8, 4) is 0 Å². The van der Waals surface area contributed by atoms with Gasteiger partial charge in [-0.3, -0.25) is 4.98 Å². The highest BCUT2D eigenvalue weighted by Gasteiger charge is 2.30. The van der Waals surface area contributed by atoms with Crippen LogP contribution in [0, 0.1) is 19.8 Å². The third-order valence-electron chi connectivity index (χ3n) is 4.38. The molecular weight excluding hydrogens is 278 g/mol. The van der Waals surface area contributed by atoms with Gasteiger partial charge in [0.1, 0.15) is 17.7 Å². The van der Waals surface area contributed by atoms with Gasteiger partial charge in [0.25, 0.3) is 0 Å².